The average Bonchev–Trinajstić information content (AvgIpc) is 3.17. The summed E-state index contributed by atoms with van der Waals surface area (Å²) in [5.74, 6) is 1.59. The number of hydrogen-bond acceptors (Lipinski definition) is 5. The molecule has 2 atom stereocenters. The third kappa shape index (κ3) is 3.88. The first-order valence-electron chi connectivity index (χ1n) is 7.88. The minimum Gasteiger partial charge on any atom is -0.425 e. The highest BCUT2D eigenvalue weighted by Crippen LogP contribution is 2.28. The summed E-state index contributed by atoms with van der Waals surface area (Å²) in [6.45, 7) is 1.99. The van der Waals surface area contributed by atoms with E-state index in [-0.39, 0.29) is 17.6 Å². The quantitative estimate of drug-likeness (QED) is 0.909. The Labute approximate surface area is 139 Å². The van der Waals surface area contributed by atoms with E-state index in [0.29, 0.717) is 22.7 Å². The second-order valence-electron chi connectivity index (χ2n) is 5.83. The number of nitrogens with zero attached hydrogens (tertiary/aromatic N) is 3. The van der Waals surface area contributed by atoms with Gasteiger partial charge in [0.15, 0.2) is 0 Å². The van der Waals surface area contributed by atoms with Crippen molar-refractivity contribution in [2.24, 2.45) is 5.92 Å². The lowest BCUT2D eigenvalue weighted by Crippen LogP contribution is -2.33. The molecule has 1 aliphatic carbocycles. The number of amides is 1. The predicted molar refractivity (Wildman–Crippen MR) is 85.2 cm³/mol. The second kappa shape index (κ2) is 7.08. The minimum absolute atomic E-state index is 0.138. The summed E-state index contributed by atoms with van der Waals surface area (Å²) < 4.78 is 5.56. The summed E-state index contributed by atoms with van der Waals surface area (Å²) in [5, 5.41) is 11.4. The van der Waals surface area contributed by atoms with E-state index >= 15 is 0 Å². The number of aryl methyl sites for hydroxylation is 1. The summed E-state index contributed by atoms with van der Waals surface area (Å²) in [6.07, 6.45) is 5.96. The fourth-order valence-electron chi connectivity index (χ4n) is 2.96. The van der Waals surface area contributed by atoms with Gasteiger partial charge in [0.2, 0.25) is 11.8 Å². The van der Waals surface area contributed by atoms with Crippen LogP contribution in [0, 0.1) is 5.92 Å². The number of hydrogen-bond donors (Lipinski definition) is 1. The lowest BCUT2D eigenvalue weighted by molar-refractivity contribution is 0.0932. The van der Waals surface area contributed by atoms with E-state index in [1.54, 1.807) is 18.3 Å². The van der Waals surface area contributed by atoms with Crippen LogP contribution in [0.3, 0.4) is 0 Å². The van der Waals surface area contributed by atoms with Gasteiger partial charge in [0.1, 0.15) is 5.69 Å². The molecule has 1 amide bonds. The lowest BCUT2D eigenvalue weighted by Gasteiger charge is -2.13. The van der Waals surface area contributed by atoms with E-state index < -0.39 is 0 Å². The van der Waals surface area contributed by atoms with Crippen LogP contribution in [0.1, 0.15) is 48.5 Å². The summed E-state index contributed by atoms with van der Waals surface area (Å²) in [6, 6.07) is 3.51. The van der Waals surface area contributed by atoms with E-state index in [1.165, 1.54) is 0 Å². The van der Waals surface area contributed by atoms with Gasteiger partial charge < -0.3 is 9.73 Å². The molecule has 0 aromatic carbocycles. The summed E-state index contributed by atoms with van der Waals surface area (Å²) in [4.78, 5) is 16.3. The fraction of sp³-hybridized carbons (Fsp3) is 0.500. The van der Waals surface area contributed by atoms with Gasteiger partial charge in [-0.25, -0.2) is 4.98 Å². The van der Waals surface area contributed by atoms with Gasteiger partial charge in [0.05, 0.1) is 5.02 Å². The highest BCUT2D eigenvalue weighted by Gasteiger charge is 2.28. The number of halogens is 1. The van der Waals surface area contributed by atoms with Gasteiger partial charge in [-0.1, -0.05) is 18.5 Å². The van der Waals surface area contributed by atoms with E-state index in [1.807, 2.05) is 6.92 Å². The number of aromatic nitrogens is 3. The molecule has 122 valence electrons. The molecule has 0 spiro atoms. The molecular weight excluding hydrogens is 316 g/mol. The molecule has 0 radical (unpaired) electrons. The van der Waals surface area contributed by atoms with Crippen molar-refractivity contribution in [2.75, 3.05) is 0 Å². The third-order valence-corrected chi connectivity index (χ3v) is 4.43. The van der Waals surface area contributed by atoms with Crippen LogP contribution in [0.4, 0.5) is 0 Å². The number of carbonyl (C=O) groups excluding carboxylic acids is 1. The summed E-state index contributed by atoms with van der Waals surface area (Å²) in [5.41, 5.74) is 0.280. The molecule has 2 aromatic heterocycles. The SMILES string of the molecule is CCc1nnc(C[C@@H]2CC[C@H](NC(=O)c3ncccc3Cl)C2)o1. The third-order valence-electron chi connectivity index (χ3n) is 4.12. The van der Waals surface area contributed by atoms with Crippen molar-refractivity contribution >= 4 is 17.5 Å². The van der Waals surface area contributed by atoms with Crippen LogP contribution >= 0.6 is 11.6 Å². The Morgan fingerprint density at radius 1 is 1.39 bits per heavy atom. The first-order chi connectivity index (χ1) is 11.2. The maximum absolute atomic E-state index is 12.2. The molecule has 7 heteroatoms. The molecule has 0 aliphatic heterocycles. The molecule has 2 heterocycles. The van der Waals surface area contributed by atoms with Gasteiger partial charge in [-0.3, -0.25) is 4.79 Å². The highest BCUT2D eigenvalue weighted by atomic mass is 35.5. The molecular formula is C16H19ClN4O2. The van der Waals surface area contributed by atoms with Crippen molar-refractivity contribution in [3.63, 3.8) is 0 Å². The maximum atomic E-state index is 12.2. The van der Waals surface area contributed by atoms with Crippen LogP contribution in [0.2, 0.25) is 5.02 Å². The van der Waals surface area contributed by atoms with E-state index in [4.69, 9.17) is 16.0 Å². The zero-order chi connectivity index (χ0) is 16.2. The molecule has 6 nitrogen and oxygen atoms in total. The first kappa shape index (κ1) is 15.9. The molecule has 1 N–H and O–H groups in total. The van der Waals surface area contributed by atoms with Gasteiger partial charge >= 0.3 is 0 Å². The monoisotopic (exact) mass is 334 g/mol. The van der Waals surface area contributed by atoms with Crippen molar-refractivity contribution in [1.29, 1.82) is 0 Å². The zero-order valence-corrected chi connectivity index (χ0v) is 13.7. The van der Waals surface area contributed by atoms with E-state index in [0.717, 1.165) is 32.1 Å². The second-order valence-corrected chi connectivity index (χ2v) is 6.24. The van der Waals surface area contributed by atoms with Crippen molar-refractivity contribution < 1.29 is 9.21 Å². The fourth-order valence-corrected chi connectivity index (χ4v) is 3.17. The molecule has 1 saturated carbocycles. The van der Waals surface area contributed by atoms with E-state index in [9.17, 15) is 4.79 Å². The Morgan fingerprint density at radius 2 is 2.22 bits per heavy atom. The summed E-state index contributed by atoms with van der Waals surface area (Å²) in [7, 11) is 0. The van der Waals surface area contributed by atoms with Crippen LogP contribution in [-0.2, 0) is 12.8 Å². The smallest absolute Gasteiger partial charge is 0.271 e. The number of nitrogens with one attached hydrogen (secondary N) is 1. The Hall–Kier alpha value is -1.95. The zero-order valence-electron chi connectivity index (χ0n) is 13.0. The van der Waals surface area contributed by atoms with Crippen LogP contribution in [0.5, 0.6) is 0 Å². The van der Waals surface area contributed by atoms with Crippen LogP contribution in [0.25, 0.3) is 0 Å². The molecule has 0 bridgehead atoms. The molecule has 2 aromatic rings. The van der Waals surface area contributed by atoms with Crippen molar-refractivity contribution in [3.05, 3.63) is 40.8 Å². The topological polar surface area (TPSA) is 80.9 Å². The average molecular weight is 335 g/mol. The molecule has 23 heavy (non-hydrogen) atoms. The lowest BCUT2D eigenvalue weighted by atomic mass is 10.0. The Morgan fingerprint density at radius 3 is 2.96 bits per heavy atom. The predicted octanol–water partition coefficient (Wildman–Crippen LogP) is 2.82. The first-order valence-corrected chi connectivity index (χ1v) is 8.26. The van der Waals surface area contributed by atoms with Crippen molar-refractivity contribution in [1.82, 2.24) is 20.5 Å². The normalized spacial score (nSPS) is 20.6. The van der Waals surface area contributed by atoms with Gasteiger partial charge in [-0.05, 0) is 37.3 Å². The highest BCUT2D eigenvalue weighted by molar-refractivity contribution is 6.33. The maximum Gasteiger partial charge on any atom is 0.271 e. The van der Waals surface area contributed by atoms with Gasteiger partial charge in [0.25, 0.3) is 5.91 Å². The van der Waals surface area contributed by atoms with Gasteiger partial charge in [0, 0.05) is 25.1 Å². The molecule has 0 unspecified atom stereocenters. The van der Waals surface area contributed by atoms with Crippen LogP contribution < -0.4 is 5.32 Å². The largest absolute Gasteiger partial charge is 0.425 e. The minimum atomic E-state index is -0.215. The number of pyridine rings is 1. The molecule has 3 rings (SSSR count). The van der Waals surface area contributed by atoms with E-state index in [2.05, 4.69) is 20.5 Å². The summed E-state index contributed by atoms with van der Waals surface area (Å²) >= 11 is 6.01. The Balaban J connectivity index is 1.53. The molecule has 0 saturated heterocycles. The van der Waals surface area contributed by atoms with Gasteiger partial charge in [-0.2, -0.15) is 0 Å². The van der Waals surface area contributed by atoms with Crippen LogP contribution in [-0.4, -0.2) is 27.1 Å². The van der Waals surface area contributed by atoms with Crippen molar-refractivity contribution in [2.45, 2.75) is 45.1 Å². The van der Waals surface area contributed by atoms with Crippen molar-refractivity contribution in [3.8, 4) is 0 Å². The number of rotatable bonds is 5. The van der Waals surface area contributed by atoms with Gasteiger partial charge in [-0.15, -0.1) is 10.2 Å². The standard InChI is InChI=1S/C16H19ClN4O2/c1-2-13-20-21-14(23-13)9-10-5-6-11(8-10)19-16(22)15-12(17)4-3-7-18-15/h3-4,7,10-11H,2,5-6,8-9H2,1H3,(H,19,22)/t10-,11+/m1/s1. The Kier molecular flexibility index (Phi) is 4.91. The molecule has 1 fully saturated rings. The number of carbonyl (C=O) groups is 1. The van der Waals surface area contributed by atoms with Crippen LogP contribution in [0.15, 0.2) is 22.7 Å². The Bertz CT molecular complexity index is 688. The molecule has 1 aliphatic rings.